The molecular weight excluding hydrogens is 178 g/mol. The van der Waals surface area contributed by atoms with Crippen molar-refractivity contribution < 1.29 is 4.74 Å². The molecule has 0 spiro atoms. The summed E-state index contributed by atoms with van der Waals surface area (Å²) >= 11 is 0. The predicted octanol–water partition coefficient (Wildman–Crippen LogP) is 1.36. The number of nitrogens with two attached hydrogens (primary N) is 1. The second-order valence-electron chi connectivity index (χ2n) is 3.49. The monoisotopic (exact) mass is 195 g/mol. The molecule has 1 heterocycles. The first-order chi connectivity index (χ1) is 6.63. The Kier molecular flexibility index (Phi) is 3.71. The summed E-state index contributed by atoms with van der Waals surface area (Å²) in [4.78, 5) is 0. The van der Waals surface area contributed by atoms with Gasteiger partial charge in [-0.15, -0.1) is 0 Å². The molecule has 1 aromatic heterocycles. The molecule has 4 heteroatoms. The van der Waals surface area contributed by atoms with Crippen LogP contribution in [0.1, 0.15) is 19.9 Å². The Morgan fingerprint density at radius 2 is 2.43 bits per heavy atom. The van der Waals surface area contributed by atoms with Gasteiger partial charge in [0.15, 0.2) is 5.75 Å². The lowest BCUT2D eigenvalue weighted by molar-refractivity contribution is 0.349. The smallest absolute Gasteiger partial charge is 0.157 e. The van der Waals surface area contributed by atoms with Crippen LogP contribution in [-0.4, -0.2) is 22.9 Å². The van der Waals surface area contributed by atoms with Crippen LogP contribution in [0.4, 0.5) is 0 Å². The Labute approximate surface area is 84.4 Å². The van der Waals surface area contributed by atoms with Crippen LogP contribution in [0.5, 0.6) is 5.75 Å². The Hall–Kier alpha value is -1.29. The molecule has 0 saturated carbocycles. The highest BCUT2D eigenvalue weighted by atomic mass is 16.5. The summed E-state index contributed by atoms with van der Waals surface area (Å²) in [6.07, 6.45) is 3.57. The zero-order valence-corrected chi connectivity index (χ0v) is 8.73. The molecule has 78 valence electrons. The first-order valence-electron chi connectivity index (χ1n) is 4.67. The third-order valence-electron chi connectivity index (χ3n) is 1.84. The summed E-state index contributed by atoms with van der Waals surface area (Å²) in [6.45, 7) is 8.80. The van der Waals surface area contributed by atoms with E-state index in [2.05, 4.69) is 25.5 Å². The van der Waals surface area contributed by atoms with Crippen molar-refractivity contribution in [3.8, 4) is 5.75 Å². The van der Waals surface area contributed by atoms with Gasteiger partial charge in [0.25, 0.3) is 0 Å². The quantitative estimate of drug-likeness (QED) is 0.722. The molecular formula is C10H17N3O. The molecule has 0 atom stereocenters. The van der Waals surface area contributed by atoms with Crippen molar-refractivity contribution in [1.29, 1.82) is 0 Å². The standard InChI is InChI=1S/C10H17N3O/c1-8(2)13-6-10(5-12-13)14-7-9(3)4-11/h5-6,8H,3-4,7,11H2,1-2H3. The van der Waals surface area contributed by atoms with E-state index in [9.17, 15) is 0 Å². The summed E-state index contributed by atoms with van der Waals surface area (Å²) < 4.78 is 7.27. The molecule has 1 rings (SSSR count). The lowest BCUT2D eigenvalue weighted by Crippen LogP contribution is -2.09. The molecule has 1 aromatic rings. The highest BCUT2D eigenvalue weighted by Crippen LogP contribution is 2.12. The fraction of sp³-hybridized carbons (Fsp3) is 0.500. The highest BCUT2D eigenvalue weighted by molar-refractivity contribution is 5.13. The van der Waals surface area contributed by atoms with Crippen molar-refractivity contribution in [3.05, 3.63) is 24.5 Å². The van der Waals surface area contributed by atoms with Gasteiger partial charge in [-0.2, -0.15) is 5.10 Å². The molecule has 14 heavy (non-hydrogen) atoms. The van der Waals surface area contributed by atoms with Crippen LogP contribution in [0.25, 0.3) is 0 Å². The Morgan fingerprint density at radius 3 is 2.93 bits per heavy atom. The van der Waals surface area contributed by atoms with Gasteiger partial charge in [-0.1, -0.05) is 6.58 Å². The van der Waals surface area contributed by atoms with Crippen LogP contribution in [-0.2, 0) is 0 Å². The lowest BCUT2D eigenvalue weighted by atomic mass is 10.3. The maximum atomic E-state index is 5.43. The topological polar surface area (TPSA) is 53.1 Å². The first kappa shape index (κ1) is 10.8. The Morgan fingerprint density at radius 1 is 1.71 bits per heavy atom. The number of aromatic nitrogens is 2. The summed E-state index contributed by atoms with van der Waals surface area (Å²) in [5.41, 5.74) is 6.27. The second-order valence-corrected chi connectivity index (χ2v) is 3.49. The van der Waals surface area contributed by atoms with E-state index >= 15 is 0 Å². The minimum absolute atomic E-state index is 0.352. The van der Waals surface area contributed by atoms with E-state index in [1.54, 1.807) is 6.20 Å². The lowest BCUT2D eigenvalue weighted by Gasteiger charge is -2.05. The summed E-state index contributed by atoms with van der Waals surface area (Å²) in [7, 11) is 0. The zero-order chi connectivity index (χ0) is 10.6. The molecule has 0 saturated heterocycles. The number of nitrogens with zero attached hydrogens (tertiary/aromatic N) is 2. The molecule has 0 bridgehead atoms. The molecule has 0 aliphatic rings. The second kappa shape index (κ2) is 4.81. The van der Waals surface area contributed by atoms with Crippen molar-refractivity contribution >= 4 is 0 Å². The number of hydrogen-bond donors (Lipinski definition) is 1. The third-order valence-corrected chi connectivity index (χ3v) is 1.84. The van der Waals surface area contributed by atoms with Gasteiger partial charge in [0.05, 0.1) is 12.4 Å². The maximum absolute atomic E-state index is 5.43. The molecule has 0 aromatic carbocycles. The molecule has 0 radical (unpaired) electrons. The number of ether oxygens (including phenoxy) is 1. The molecule has 0 aliphatic carbocycles. The zero-order valence-electron chi connectivity index (χ0n) is 8.73. The molecule has 2 N–H and O–H groups in total. The number of hydrogen-bond acceptors (Lipinski definition) is 3. The molecule has 0 fully saturated rings. The van der Waals surface area contributed by atoms with Crippen molar-refractivity contribution in [2.45, 2.75) is 19.9 Å². The fourth-order valence-electron chi connectivity index (χ4n) is 0.922. The largest absolute Gasteiger partial charge is 0.486 e. The van der Waals surface area contributed by atoms with Crippen LogP contribution < -0.4 is 10.5 Å². The summed E-state index contributed by atoms with van der Waals surface area (Å²) in [6, 6.07) is 0.352. The van der Waals surface area contributed by atoms with Gasteiger partial charge in [0.1, 0.15) is 6.61 Å². The first-order valence-corrected chi connectivity index (χ1v) is 4.67. The van der Waals surface area contributed by atoms with Crippen molar-refractivity contribution in [1.82, 2.24) is 9.78 Å². The van der Waals surface area contributed by atoms with E-state index in [0.29, 0.717) is 19.2 Å². The molecule has 0 aliphatic heterocycles. The normalized spacial score (nSPS) is 10.6. The van der Waals surface area contributed by atoms with Gasteiger partial charge in [-0.25, -0.2) is 0 Å². The minimum Gasteiger partial charge on any atom is -0.486 e. The van der Waals surface area contributed by atoms with Crippen molar-refractivity contribution in [3.63, 3.8) is 0 Å². The van der Waals surface area contributed by atoms with Gasteiger partial charge >= 0.3 is 0 Å². The van der Waals surface area contributed by atoms with Crippen LogP contribution in [0.3, 0.4) is 0 Å². The van der Waals surface area contributed by atoms with E-state index in [-0.39, 0.29) is 0 Å². The maximum Gasteiger partial charge on any atom is 0.157 e. The van der Waals surface area contributed by atoms with Crippen LogP contribution >= 0.6 is 0 Å². The van der Waals surface area contributed by atoms with Crippen molar-refractivity contribution in [2.75, 3.05) is 13.2 Å². The average Bonchev–Trinajstić information content (AvgIpc) is 2.62. The van der Waals surface area contributed by atoms with Gasteiger partial charge in [0.2, 0.25) is 0 Å². The molecule has 0 unspecified atom stereocenters. The summed E-state index contributed by atoms with van der Waals surface area (Å²) in [5.74, 6) is 0.758. The molecule has 4 nitrogen and oxygen atoms in total. The van der Waals surface area contributed by atoms with Crippen LogP contribution in [0.15, 0.2) is 24.5 Å². The predicted molar refractivity (Wildman–Crippen MR) is 56.3 cm³/mol. The average molecular weight is 195 g/mol. The van der Waals surface area contributed by atoms with Crippen LogP contribution in [0.2, 0.25) is 0 Å². The van der Waals surface area contributed by atoms with E-state index < -0.39 is 0 Å². The Balaban J connectivity index is 2.48. The van der Waals surface area contributed by atoms with E-state index in [0.717, 1.165) is 11.3 Å². The van der Waals surface area contributed by atoms with E-state index in [4.69, 9.17) is 10.5 Å². The van der Waals surface area contributed by atoms with Crippen LogP contribution in [0, 0.1) is 0 Å². The van der Waals surface area contributed by atoms with Gasteiger partial charge < -0.3 is 10.5 Å². The van der Waals surface area contributed by atoms with Gasteiger partial charge in [-0.3, -0.25) is 4.68 Å². The number of rotatable bonds is 5. The third kappa shape index (κ3) is 2.88. The van der Waals surface area contributed by atoms with Gasteiger partial charge in [-0.05, 0) is 19.4 Å². The summed E-state index contributed by atoms with van der Waals surface area (Å²) in [5, 5.41) is 4.15. The SMILES string of the molecule is C=C(CN)COc1cnn(C(C)C)c1. The fourth-order valence-corrected chi connectivity index (χ4v) is 0.922. The minimum atomic E-state index is 0.352. The van der Waals surface area contributed by atoms with Gasteiger partial charge in [0, 0.05) is 12.6 Å². The van der Waals surface area contributed by atoms with E-state index in [1.165, 1.54) is 0 Å². The van der Waals surface area contributed by atoms with E-state index in [1.807, 2.05) is 10.9 Å². The molecule has 0 amide bonds. The Bertz CT molecular complexity index is 304. The van der Waals surface area contributed by atoms with Crippen molar-refractivity contribution in [2.24, 2.45) is 5.73 Å². The highest BCUT2D eigenvalue weighted by Gasteiger charge is 2.02.